The highest BCUT2D eigenvalue weighted by Crippen LogP contribution is 2.46. The minimum atomic E-state index is -3.81. The zero-order chi connectivity index (χ0) is 107. The summed E-state index contributed by atoms with van der Waals surface area (Å²) in [6.45, 7) is -2.10. The quantitative estimate of drug-likeness (QED) is 0.0252. The van der Waals surface area contributed by atoms with Gasteiger partial charge in [-0.25, -0.2) is 14.4 Å². The minimum absolute atomic E-state index is 0.0795. The van der Waals surface area contributed by atoms with Crippen LogP contribution in [0.4, 0.5) is 0 Å². The Bertz CT molecular complexity index is 3820. The average molecular weight is 2100 g/mol. The van der Waals surface area contributed by atoms with E-state index in [-0.39, 0.29) is 12.8 Å². The van der Waals surface area contributed by atoms with Gasteiger partial charge in [0.25, 0.3) is 17.4 Å². The summed E-state index contributed by atoms with van der Waals surface area (Å²) in [5.41, 5.74) is 0. The number of unbranched alkanes of at least 4 members (excludes halogenated alkanes) is 24. The lowest BCUT2D eigenvalue weighted by Gasteiger charge is -2.53. The number of hydrogen-bond acceptors (Lipinski definition) is 44. The number of ketones is 1. The van der Waals surface area contributed by atoms with Gasteiger partial charge in [0.05, 0.1) is 108 Å². The molecule has 0 aromatic carbocycles. The maximum Gasteiger partial charge on any atom is 0.364 e. The van der Waals surface area contributed by atoms with Crippen LogP contribution in [0.1, 0.15) is 247 Å². The number of aliphatic hydroxyl groups is 22. The number of rotatable bonds is 66. The van der Waals surface area contributed by atoms with Crippen LogP contribution >= 0.6 is 0 Å². The van der Waals surface area contributed by atoms with E-state index in [9.17, 15) is 166 Å². The number of carboxylic acid groups (broad SMARTS) is 3. The number of amides is 4. The second-order valence-electron chi connectivity index (χ2n) is 39.2. The van der Waals surface area contributed by atoms with Crippen LogP contribution in [0.25, 0.3) is 0 Å². The van der Waals surface area contributed by atoms with Gasteiger partial charge in [0.15, 0.2) is 25.2 Å². The van der Waals surface area contributed by atoms with Crippen LogP contribution < -0.4 is 21.3 Å². The lowest BCUT2D eigenvalue weighted by molar-refractivity contribution is -0.407. The first kappa shape index (κ1) is 126. The molecule has 7 fully saturated rings. The molecule has 842 valence electrons. The van der Waals surface area contributed by atoms with Crippen LogP contribution in [0, 0.1) is 5.92 Å². The number of Topliss-reactive ketones (excluding diaryl/α,β-unsaturated/α-hetero) is 1. The molecule has 7 aliphatic heterocycles. The van der Waals surface area contributed by atoms with Gasteiger partial charge in [-0.2, -0.15) is 0 Å². The molecule has 0 aromatic heterocycles. The van der Waals surface area contributed by atoms with E-state index in [1.807, 2.05) is 0 Å². The summed E-state index contributed by atoms with van der Waals surface area (Å²) >= 11 is 0. The first-order valence-corrected chi connectivity index (χ1v) is 50.9. The second-order valence-corrected chi connectivity index (χ2v) is 39.2. The van der Waals surface area contributed by atoms with E-state index >= 15 is 0 Å². The first-order valence-electron chi connectivity index (χ1n) is 50.9. The molecule has 51 nitrogen and oxygen atoms in total. The predicted octanol–water partition coefficient (Wildman–Crippen LogP) is -6.16. The van der Waals surface area contributed by atoms with E-state index in [2.05, 4.69) is 35.1 Å². The van der Waals surface area contributed by atoms with Crippen molar-refractivity contribution in [3.63, 3.8) is 0 Å². The number of carboxylic acids is 3. The number of aliphatic carboxylic acids is 3. The summed E-state index contributed by atoms with van der Waals surface area (Å²) < 4.78 is 84.4. The van der Waals surface area contributed by atoms with Gasteiger partial charge >= 0.3 is 17.9 Å². The highest BCUT2D eigenvalue weighted by molar-refractivity contribution is 5.79. The zero-order valence-electron chi connectivity index (χ0n) is 83.3. The molecule has 0 bridgehead atoms. The molecular formula is C94H164N4O47. The zero-order valence-corrected chi connectivity index (χ0v) is 83.3. The Balaban J connectivity index is 1.24. The molecule has 29 N–H and O–H groups in total. The number of nitrogens with one attached hydrogen (secondary N) is 4. The topological polar surface area (TPSA) is 820 Å². The molecule has 7 aliphatic rings. The van der Waals surface area contributed by atoms with Crippen molar-refractivity contribution in [1.29, 1.82) is 0 Å². The molecule has 4 amide bonds. The third-order valence-electron chi connectivity index (χ3n) is 27.7. The molecular weight excluding hydrogens is 1940 g/mol. The predicted molar refractivity (Wildman–Crippen MR) is 493 cm³/mol. The summed E-state index contributed by atoms with van der Waals surface area (Å²) in [4.78, 5) is 108. The third-order valence-corrected chi connectivity index (χ3v) is 27.7. The Hall–Kier alpha value is -5.48. The Morgan fingerprint density at radius 3 is 1.14 bits per heavy atom. The molecule has 40 atom stereocenters. The fourth-order valence-electron chi connectivity index (χ4n) is 19.7. The van der Waals surface area contributed by atoms with Crippen LogP contribution in [0.3, 0.4) is 0 Å². The van der Waals surface area contributed by atoms with Crippen molar-refractivity contribution in [1.82, 2.24) is 21.3 Å². The number of carbonyl (C=O) groups excluding carboxylic acids is 5. The Labute approximate surface area is 841 Å². The maximum absolute atomic E-state index is 14.7. The van der Waals surface area contributed by atoms with Gasteiger partial charge in [0, 0.05) is 58.8 Å². The van der Waals surface area contributed by atoms with E-state index in [1.165, 1.54) is 77.0 Å². The molecule has 7 saturated heterocycles. The monoisotopic (exact) mass is 2100 g/mol. The Morgan fingerprint density at radius 1 is 0.366 bits per heavy atom. The van der Waals surface area contributed by atoms with Crippen LogP contribution in [-0.2, 0) is 105 Å². The van der Waals surface area contributed by atoms with Crippen molar-refractivity contribution in [2.75, 3.05) is 52.9 Å². The fraction of sp³-hybridized carbons (Fsp3) is 0.915. The van der Waals surface area contributed by atoms with Crippen molar-refractivity contribution in [2.45, 2.75) is 485 Å². The van der Waals surface area contributed by atoms with Gasteiger partial charge in [-0.1, -0.05) is 174 Å². The lowest BCUT2D eigenvalue weighted by Crippen LogP contribution is -2.72. The first-order chi connectivity index (χ1) is 68.9. The Morgan fingerprint density at radius 2 is 0.724 bits per heavy atom. The van der Waals surface area contributed by atoms with Crippen LogP contribution in [0.5, 0.6) is 0 Å². The number of aliphatic hydroxyl groups excluding tert-OH is 22. The highest BCUT2D eigenvalue weighted by Gasteiger charge is 2.66. The molecule has 7 heterocycles. The number of hydrogen-bond donors (Lipinski definition) is 29. The van der Waals surface area contributed by atoms with Crippen LogP contribution in [0.2, 0.25) is 0 Å². The van der Waals surface area contributed by atoms with E-state index < -0.39 is 369 Å². The van der Waals surface area contributed by atoms with Crippen molar-refractivity contribution in [3.8, 4) is 0 Å². The van der Waals surface area contributed by atoms with Gasteiger partial charge in [-0.05, 0) is 19.8 Å². The molecule has 51 heteroatoms. The van der Waals surface area contributed by atoms with Crippen molar-refractivity contribution in [2.24, 2.45) is 5.92 Å². The molecule has 40 unspecified atom stereocenters. The largest absolute Gasteiger partial charge is 0.477 e. The molecule has 7 rings (SSSR count). The molecule has 0 aromatic rings. The molecule has 0 saturated carbocycles. The third kappa shape index (κ3) is 35.3. The Kier molecular flexibility index (Phi) is 54.1. The van der Waals surface area contributed by atoms with Gasteiger partial charge < -0.3 is 220 Å². The molecule has 145 heavy (non-hydrogen) atoms. The lowest BCUT2D eigenvalue weighted by atomic mass is 9.86. The summed E-state index contributed by atoms with van der Waals surface area (Å²) in [6.07, 6.45) is -51.4. The van der Waals surface area contributed by atoms with Gasteiger partial charge in [-0.3, -0.25) is 19.2 Å². The van der Waals surface area contributed by atoms with Gasteiger partial charge in [-0.15, -0.1) is 0 Å². The van der Waals surface area contributed by atoms with E-state index in [4.69, 9.17) is 66.3 Å². The van der Waals surface area contributed by atoms with Gasteiger partial charge in [0.1, 0.15) is 146 Å². The summed E-state index contributed by atoms with van der Waals surface area (Å²) in [5.74, 6) is -24.2. The van der Waals surface area contributed by atoms with E-state index in [0.29, 0.717) is 12.8 Å². The van der Waals surface area contributed by atoms with Crippen molar-refractivity contribution in [3.05, 3.63) is 0 Å². The SMILES string of the molecule is CCCCCCCCCCCCCCCC(=O)NC(COC1OC(CO)C(OC2OC(CO)C(OC3OC(CO)C(O)C(OC4OC(CO)C(O)C(O)C4O)C3CC(C)=O)C(OC3(C(=O)O)CC(O)C(NC(C)=O)C(C(O)C(CO)OC4(C(=O)O)CC(O)C(NC(C)=O)C(C(O)C(CO)OC5(C(=O)O)CC(O)C(NC(C)=O)C(C(O)C(O)CO)O5)O4)O3)C2O)C(O)C1O)C(O)CCCCCCCCCCCCCCC. The maximum atomic E-state index is 14.7. The van der Waals surface area contributed by atoms with E-state index in [1.54, 1.807) is 0 Å². The second kappa shape index (κ2) is 62.0. The fourth-order valence-corrected chi connectivity index (χ4v) is 19.7. The number of ether oxygens (including phenoxy) is 14. The summed E-state index contributed by atoms with van der Waals surface area (Å²) in [6, 6.07) is -7.36. The smallest absolute Gasteiger partial charge is 0.364 e. The molecule has 0 aliphatic carbocycles. The highest BCUT2D eigenvalue weighted by atomic mass is 16.8. The van der Waals surface area contributed by atoms with Crippen LogP contribution in [-0.4, -0.2) is 465 Å². The average Bonchev–Trinajstić information content (AvgIpc) is 0.742. The standard InChI is InChI=1S/C94H164N4O47/c1-7-9-11-13-15-17-19-21-23-25-27-29-31-33-53(110)52(98-64(115)34-32-30-28-26-24-22-20-18-16-14-12-10-8-2)46-132-86-76(124)74(122)79(62(44-104)135-86)138-88-77(125)84(80(63(45-105)136-88)139-85-51(35-47(3)106)78(70(118)59(41-101)133-85)137-87-75(123)73(121)69(117)58(40-100)134-87)145-94(91(130)131)38-56(113)67(97-50(6)109)83(144-94)72(120)61(43-103)141-93(90(128)129)37-55(112)66(96-49(5)108)82(143-93)71(119)60(42-102)140-92(89(126)127)36-54(111)65(95-48(4)107)81(142-92)68(116)57(114)39-99/h51-63,65-88,99-105,110-114,116-125H,7-46H2,1-6H3,(H,95,107)(H,96,108)(H,97,109)(H,98,115)(H,126,127)(H,128,129)(H,130,131). The summed E-state index contributed by atoms with van der Waals surface area (Å²) in [7, 11) is 0. The minimum Gasteiger partial charge on any atom is -0.477 e. The van der Waals surface area contributed by atoms with Crippen LogP contribution in [0.15, 0.2) is 0 Å². The summed E-state index contributed by atoms with van der Waals surface area (Å²) in [5, 5.41) is 296. The van der Waals surface area contributed by atoms with Crippen molar-refractivity contribution >= 4 is 47.3 Å². The number of carbonyl (C=O) groups is 8. The molecule has 0 radical (unpaired) electrons. The molecule has 0 spiro atoms. The van der Waals surface area contributed by atoms with E-state index in [0.717, 1.165) is 105 Å². The van der Waals surface area contributed by atoms with Gasteiger partial charge in [0.2, 0.25) is 23.6 Å². The van der Waals surface area contributed by atoms with Crippen molar-refractivity contribution < 1.29 is 232 Å². The normalized spacial score (nSPS) is 35.8.